The quantitative estimate of drug-likeness (QED) is 0.0180. The summed E-state index contributed by atoms with van der Waals surface area (Å²) in [6.45, 7) is 8.00. The van der Waals surface area contributed by atoms with Crippen LogP contribution in [0.25, 0.3) is 0 Å². The fourth-order valence-corrected chi connectivity index (χ4v) is 8.02. The summed E-state index contributed by atoms with van der Waals surface area (Å²) >= 11 is 23.0. The third-order valence-electron chi connectivity index (χ3n) is 11.2. The number of H-pyrrole nitrogens is 4. The minimum absolute atomic E-state index is 0.0270. The Labute approximate surface area is 484 Å². The van der Waals surface area contributed by atoms with Crippen LogP contribution in [0.5, 0.6) is 0 Å². The van der Waals surface area contributed by atoms with Crippen molar-refractivity contribution in [3.63, 3.8) is 0 Å². The highest BCUT2D eigenvalue weighted by Crippen LogP contribution is 2.23. The van der Waals surface area contributed by atoms with E-state index in [1.807, 2.05) is 0 Å². The van der Waals surface area contributed by atoms with Gasteiger partial charge in [-0.05, 0) is 183 Å². The summed E-state index contributed by atoms with van der Waals surface area (Å²) in [4.78, 5) is 78.2. The molecule has 0 amide bonds. The molecule has 428 valence electrons. The number of ketones is 1. The first kappa shape index (κ1) is 65.6. The van der Waals surface area contributed by atoms with Gasteiger partial charge in [0, 0.05) is 58.3 Å². The van der Waals surface area contributed by atoms with Gasteiger partial charge < -0.3 is 39.3 Å². The van der Waals surface area contributed by atoms with Crippen molar-refractivity contribution in [1.82, 2.24) is 19.9 Å². The van der Waals surface area contributed by atoms with E-state index in [-0.39, 0.29) is 71.0 Å². The lowest BCUT2D eigenvalue weighted by atomic mass is 10.0. The lowest BCUT2D eigenvalue weighted by Gasteiger charge is -2.03. The van der Waals surface area contributed by atoms with E-state index >= 15 is 0 Å². The number of hydrogen-bond donors (Lipinski definition) is 5. The number of carbonyl (C=O) groups excluding carboxylic acids is 5. The maximum absolute atomic E-state index is 12.9. The predicted octanol–water partition coefficient (Wildman–Crippen LogP) is 14.1. The van der Waals surface area contributed by atoms with Crippen molar-refractivity contribution in [2.24, 2.45) is 0 Å². The van der Waals surface area contributed by atoms with Gasteiger partial charge in [0.15, 0.2) is 5.78 Å². The van der Waals surface area contributed by atoms with E-state index in [9.17, 15) is 46.3 Å². The molecule has 0 saturated heterocycles. The number of aryl methyl sites for hydroxylation is 5. The van der Waals surface area contributed by atoms with Gasteiger partial charge in [-0.2, -0.15) is 0 Å². The molecule has 0 saturated carbocycles. The van der Waals surface area contributed by atoms with Crippen molar-refractivity contribution in [2.75, 3.05) is 19.8 Å². The Morgan fingerprint density at radius 3 is 1.32 bits per heavy atom. The molecule has 22 heteroatoms. The fourth-order valence-electron chi connectivity index (χ4n) is 7.12. The molecular formula is C59H56Cl4F4N4O10. The molecule has 0 radical (unpaired) electrons. The van der Waals surface area contributed by atoms with Crippen LogP contribution in [-0.2, 0) is 57.5 Å². The summed E-state index contributed by atoms with van der Waals surface area (Å²) in [5.74, 6) is -3.84. The topological polar surface area (TPSA) is 213 Å². The molecule has 0 spiro atoms. The molecule has 0 aliphatic carbocycles. The van der Waals surface area contributed by atoms with Gasteiger partial charge in [0.2, 0.25) is 5.24 Å². The van der Waals surface area contributed by atoms with Gasteiger partial charge in [-0.15, -0.1) is 0 Å². The molecule has 0 unspecified atom stereocenters. The van der Waals surface area contributed by atoms with Gasteiger partial charge in [0.25, 0.3) is 0 Å². The smallest absolute Gasteiger partial charge is 0.354 e. The Morgan fingerprint density at radius 1 is 0.481 bits per heavy atom. The van der Waals surface area contributed by atoms with Crippen LogP contribution in [0, 0.1) is 30.2 Å². The number of halogens is 8. The molecule has 4 aromatic heterocycles. The molecule has 0 aliphatic rings. The molecule has 4 aromatic carbocycles. The second kappa shape index (κ2) is 33.6. The third kappa shape index (κ3) is 22.6. The number of esters is 3. The van der Waals surface area contributed by atoms with Crippen molar-refractivity contribution in [3.8, 4) is 0 Å². The first-order chi connectivity index (χ1) is 38.6. The first-order valence-electron chi connectivity index (χ1n) is 24.8. The number of carbonyl (C=O) groups is 6. The van der Waals surface area contributed by atoms with Gasteiger partial charge in [-0.25, -0.2) is 36.7 Å². The van der Waals surface area contributed by atoms with Crippen molar-refractivity contribution >= 4 is 81.3 Å². The molecule has 8 aromatic rings. The van der Waals surface area contributed by atoms with Crippen molar-refractivity contribution < 1.29 is 65.6 Å². The highest BCUT2D eigenvalue weighted by atomic mass is 35.5. The van der Waals surface area contributed by atoms with Gasteiger partial charge in [0.1, 0.15) is 46.0 Å². The van der Waals surface area contributed by atoms with Crippen molar-refractivity contribution in [2.45, 2.75) is 66.2 Å². The summed E-state index contributed by atoms with van der Waals surface area (Å²) in [7, 11) is 0. The Bertz CT molecular complexity index is 3380. The summed E-state index contributed by atoms with van der Waals surface area (Å²) in [5, 5.41) is 9.35. The maximum atomic E-state index is 12.9. The minimum Gasteiger partial charge on any atom is -0.477 e. The fraction of sp³-hybridized carbons (Fsp3) is 0.220. The minimum atomic E-state index is -0.985. The summed E-state index contributed by atoms with van der Waals surface area (Å²) in [6, 6.07) is 25.0. The van der Waals surface area contributed by atoms with Crippen LogP contribution in [0.3, 0.4) is 0 Å². The van der Waals surface area contributed by atoms with E-state index in [0.717, 1.165) is 39.4 Å². The Hall–Kier alpha value is -7.90. The number of ether oxygens (including phenoxy) is 3. The summed E-state index contributed by atoms with van der Waals surface area (Å²) < 4.78 is 65.7. The molecule has 0 fully saturated rings. The number of Topliss-reactive ketones (excluding diaryl/α,β-unsaturated/α-hetero) is 1. The zero-order valence-electron chi connectivity index (χ0n) is 44.1. The lowest BCUT2D eigenvalue weighted by molar-refractivity contribution is -0.111. The number of aromatic carboxylic acids is 1. The van der Waals surface area contributed by atoms with Crippen LogP contribution < -0.4 is 0 Å². The number of rotatable bonds is 18. The number of aromatic amines is 4. The Morgan fingerprint density at radius 2 is 0.901 bits per heavy atom. The standard InChI is InChI=1S/C15H13ClFNO3.C15H15ClFNO2.C13H11ClFNO2.C9H8ClFO.C7H9NO2/c1-2-21-15(20)13-5-10(8-18-13)14(19)6-9-3-4-11(17)7-12(9)16;1-2-20-15(19)14-7-10(9-18-14)3-4-11-5-6-12(17)8-13(11)16;14-11-6-10(15)4-3-9(11)2-1-8-5-12(13(17)18)16-7-8;1-6-4-8(11)3-2-7(6)5-9(10)12;1-2-10-7(9)6-4-3-5-8-6/h3-5,7-8,18H,2,6H2,1H3;5-9,18H,2-4H2,1H3;3-7,16H,1-2H2,(H,17,18);2-4H,5H2,1H3;3-5,8H,2H2,1H3. The molecule has 14 nitrogen and oxygen atoms in total. The Balaban J connectivity index is 0.000000223. The highest BCUT2D eigenvalue weighted by Gasteiger charge is 2.16. The second-order valence-electron chi connectivity index (χ2n) is 17.1. The van der Waals surface area contributed by atoms with E-state index < -0.39 is 23.0 Å². The predicted molar refractivity (Wildman–Crippen MR) is 301 cm³/mol. The highest BCUT2D eigenvalue weighted by molar-refractivity contribution is 6.63. The molecule has 0 aliphatic heterocycles. The molecule has 4 heterocycles. The Kier molecular flexibility index (Phi) is 27.2. The average molecular weight is 1200 g/mol. The van der Waals surface area contributed by atoms with Crippen LogP contribution in [-0.4, -0.2) is 79.8 Å². The van der Waals surface area contributed by atoms with E-state index in [1.54, 1.807) is 88.8 Å². The monoisotopic (exact) mass is 1200 g/mol. The summed E-state index contributed by atoms with van der Waals surface area (Å²) in [5.41, 5.74) is 7.31. The van der Waals surface area contributed by atoms with E-state index in [1.165, 1.54) is 60.8 Å². The van der Waals surface area contributed by atoms with Crippen LogP contribution in [0.1, 0.15) is 112 Å². The summed E-state index contributed by atoms with van der Waals surface area (Å²) in [6.07, 6.45) is 9.40. The van der Waals surface area contributed by atoms with Crippen molar-refractivity contribution in [1.29, 1.82) is 0 Å². The average Bonchev–Trinajstić information content (AvgIpc) is 4.28. The van der Waals surface area contributed by atoms with Crippen LogP contribution in [0.4, 0.5) is 17.6 Å². The molecule has 0 bridgehead atoms. The lowest BCUT2D eigenvalue weighted by Crippen LogP contribution is -2.05. The zero-order valence-corrected chi connectivity index (χ0v) is 47.2. The number of carboxylic acid groups (broad SMARTS) is 1. The molecule has 8 rings (SSSR count). The maximum Gasteiger partial charge on any atom is 0.354 e. The molecule has 0 atom stereocenters. The molecule has 81 heavy (non-hydrogen) atoms. The SMILES string of the molecule is CCOC(=O)c1cc(C(=O)Cc2ccc(F)cc2Cl)c[nH]1.CCOC(=O)c1cc(CCc2ccc(F)cc2Cl)c[nH]1.CCOC(=O)c1ccc[nH]1.Cc1cc(F)ccc1CC(=O)Cl.O=C(O)c1cc(CCc2ccc(F)cc2Cl)c[nH]1. The number of hydrogen-bond acceptors (Lipinski definition) is 9. The van der Waals surface area contributed by atoms with Crippen LogP contribution >= 0.6 is 46.4 Å². The first-order valence-corrected chi connectivity index (χ1v) is 26.3. The van der Waals surface area contributed by atoms with E-state index in [4.69, 9.17) is 65.7 Å². The van der Waals surface area contributed by atoms with E-state index in [2.05, 4.69) is 19.9 Å². The zero-order chi connectivity index (χ0) is 59.6. The number of benzene rings is 4. The van der Waals surface area contributed by atoms with Gasteiger partial charge >= 0.3 is 23.9 Å². The van der Waals surface area contributed by atoms with Crippen LogP contribution in [0.2, 0.25) is 15.1 Å². The molecular weight excluding hydrogens is 1140 g/mol. The van der Waals surface area contributed by atoms with Crippen LogP contribution in [0.15, 0.2) is 128 Å². The second-order valence-corrected chi connectivity index (χ2v) is 18.7. The van der Waals surface area contributed by atoms with Gasteiger partial charge in [0.05, 0.1) is 19.8 Å². The number of nitrogens with one attached hydrogen (secondary N) is 4. The van der Waals surface area contributed by atoms with Crippen molar-refractivity contribution in [3.05, 3.63) is 234 Å². The molecule has 5 N–H and O–H groups in total. The third-order valence-corrected chi connectivity index (χ3v) is 12.4. The largest absolute Gasteiger partial charge is 0.477 e. The number of carboxylic acids is 1. The normalized spacial score (nSPS) is 10.3. The van der Waals surface area contributed by atoms with Gasteiger partial charge in [-0.1, -0.05) is 59.1 Å². The number of aromatic nitrogens is 4. The van der Waals surface area contributed by atoms with Gasteiger partial charge in [-0.3, -0.25) is 9.59 Å². The van der Waals surface area contributed by atoms with E-state index in [0.29, 0.717) is 71.5 Å².